The van der Waals surface area contributed by atoms with Crippen molar-refractivity contribution in [3.8, 4) is 0 Å². The first-order valence-electron chi connectivity index (χ1n) is 11.2. The molecule has 166 valence electrons. The molecule has 0 aromatic rings. The molecule has 27 heavy (non-hydrogen) atoms. The molecular weight excluding hydrogens is 361 g/mol. The largest absolute Gasteiger partial charge is 0.466 e. The monoisotopic (exact) mass is 409 g/mol. The summed E-state index contributed by atoms with van der Waals surface area (Å²) >= 11 is 0. The van der Waals surface area contributed by atoms with E-state index in [4.69, 9.17) is 19.2 Å². The fourth-order valence-electron chi connectivity index (χ4n) is 3.33. The van der Waals surface area contributed by atoms with Crippen molar-refractivity contribution in [3.63, 3.8) is 0 Å². The first kappa shape index (κ1) is 29.3. The first-order valence-corrected chi connectivity index (χ1v) is 12.7. The molecule has 6 heteroatoms. The second-order valence-electron chi connectivity index (χ2n) is 7.95. The van der Waals surface area contributed by atoms with Gasteiger partial charge in [0.1, 0.15) is 0 Å². The third-order valence-corrected chi connectivity index (χ3v) is 5.01. The summed E-state index contributed by atoms with van der Waals surface area (Å²) < 4.78 is 8.88. The molecule has 0 radical (unpaired) electrons. The predicted molar refractivity (Wildman–Crippen MR) is 117 cm³/mol. The highest BCUT2D eigenvalue weighted by atomic mass is 31.2. The van der Waals surface area contributed by atoms with Crippen LogP contribution in [0.3, 0.4) is 0 Å². The van der Waals surface area contributed by atoms with Crippen LogP contribution in [0.5, 0.6) is 0 Å². The smallest absolute Gasteiger partial charge is 0.306 e. The number of phosphoric acid groups is 1. The summed E-state index contributed by atoms with van der Waals surface area (Å²) in [5.41, 5.74) is 0. The minimum absolute atomic E-state index is 0.825. The molecule has 0 rings (SSSR count). The van der Waals surface area contributed by atoms with Crippen LogP contribution in [-0.2, 0) is 4.57 Å². The highest BCUT2D eigenvalue weighted by Crippen LogP contribution is 2.25. The second kappa shape index (κ2) is 20.8. The van der Waals surface area contributed by atoms with Crippen LogP contribution in [-0.4, -0.2) is 39.7 Å². The van der Waals surface area contributed by atoms with Gasteiger partial charge in [-0.25, -0.2) is 4.57 Å². The minimum atomic E-state index is -4.64. The van der Waals surface area contributed by atoms with Crippen molar-refractivity contribution in [1.29, 1.82) is 0 Å². The Labute approximate surface area is 169 Å². The van der Waals surface area contributed by atoms with Crippen LogP contribution < -0.4 is 0 Å². The Morgan fingerprint density at radius 1 is 0.630 bits per heavy atom. The summed E-state index contributed by atoms with van der Waals surface area (Å²) in [6, 6.07) is 0.825. The molecule has 3 N–H and O–H groups in total. The molecule has 0 saturated carbocycles. The van der Waals surface area contributed by atoms with Crippen molar-refractivity contribution in [3.05, 3.63) is 0 Å². The van der Waals surface area contributed by atoms with E-state index in [0.29, 0.717) is 0 Å². The summed E-state index contributed by atoms with van der Waals surface area (Å²) in [5.74, 6) is 0. The van der Waals surface area contributed by atoms with Gasteiger partial charge in [0.05, 0.1) is 0 Å². The van der Waals surface area contributed by atoms with Crippen LogP contribution >= 0.6 is 7.82 Å². The molecule has 0 aliphatic heterocycles. The maximum atomic E-state index is 8.88. The van der Waals surface area contributed by atoms with Crippen molar-refractivity contribution >= 4 is 7.82 Å². The van der Waals surface area contributed by atoms with E-state index in [1.165, 1.54) is 103 Å². The van der Waals surface area contributed by atoms with Crippen molar-refractivity contribution in [2.24, 2.45) is 0 Å². The van der Waals surface area contributed by atoms with Gasteiger partial charge in [-0.05, 0) is 26.9 Å². The lowest BCUT2D eigenvalue weighted by atomic mass is 9.99. The fraction of sp³-hybridized carbons (Fsp3) is 1.00. The van der Waals surface area contributed by atoms with Gasteiger partial charge in [-0.2, -0.15) is 0 Å². The van der Waals surface area contributed by atoms with Gasteiger partial charge >= 0.3 is 7.82 Å². The van der Waals surface area contributed by atoms with E-state index in [0.717, 1.165) is 6.04 Å². The lowest BCUT2D eigenvalue weighted by Gasteiger charge is -2.24. The van der Waals surface area contributed by atoms with Gasteiger partial charge in [-0.1, -0.05) is 104 Å². The zero-order chi connectivity index (χ0) is 21.0. The second-order valence-corrected chi connectivity index (χ2v) is 8.98. The fourth-order valence-corrected chi connectivity index (χ4v) is 3.33. The van der Waals surface area contributed by atoms with Crippen molar-refractivity contribution in [2.45, 2.75) is 123 Å². The quantitative estimate of drug-likeness (QED) is 0.195. The Kier molecular flexibility index (Phi) is 22.5. The molecule has 0 bridgehead atoms. The zero-order valence-corrected chi connectivity index (χ0v) is 19.4. The van der Waals surface area contributed by atoms with Gasteiger partial charge in [0, 0.05) is 6.04 Å². The maximum Gasteiger partial charge on any atom is 0.466 e. The maximum absolute atomic E-state index is 8.88. The van der Waals surface area contributed by atoms with Crippen LogP contribution in [0.25, 0.3) is 0 Å². The standard InChI is InChI=1S/C21H45N.H3O4P/c1-5-7-9-11-12-13-14-16-18-20-21(22(3)4)19-17-15-10-8-6-2;1-5(2,3)4/h21H,5-20H2,1-4H3;(H3,1,2,3,4). The van der Waals surface area contributed by atoms with Gasteiger partial charge in [0.15, 0.2) is 0 Å². The Morgan fingerprint density at radius 2 is 0.889 bits per heavy atom. The summed E-state index contributed by atoms with van der Waals surface area (Å²) in [6.45, 7) is 4.59. The van der Waals surface area contributed by atoms with Crippen molar-refractivity contribution in [2.75, 3.05) is 14.1 Å². The molecule has 0 aromatic heterocycles. The third-order valence-electron chi connectivity index (χ3n) is 5.01. The average molecular weight is 410 g/mol. The van der Waals surface area contributed by atoms with E-state index >= 15 is 0 Å². The Bertz CT molecular complexity index is 326. The van der Waals surface area contributed by atoms with Crippen molar-refractivity contribution < 1.29 is 19.2 Å². The van der Waals surface area contributed by atoms with Gasteiger partial charge in [-0.15, -0.1) is 0 Å². The Balaban J connectivity index is 0. The highest BCUT2D eigenvalue weighted by molar-refractivity contribution is 7.45. The predicted octanol–water partition coefficient (Wildman–Crippen LogP) is 6.27. The van der Waals surface area contributed by atoms with Crippen LogP contribution in [0.15, 0.2) is 0 Å². The van der Waals surface area contributed by atoms with Crippen LogP contribution in [0, 0.1) is 0 Å². The van der Waals surface area contributed by atoms with Gasteiger partial charge in [-0.3, -0.25) is 0 Å². The molecule has 0 fully saturated rings. The van der Waals surface area contributed by atoms with E-state index in [9.17, 15) is 0 Å². The Hall–Kier alpha value is 0.0700. The normalized spacial score (nSPS) is 12.7. The first-order chi connectivity index (χ1) is 12.7. The Morgan fingerprint density at radius 3 is 1.15 bits per heavy atom. The summed E-state index contributed by atoms with van der Waals surface area (Å²) in [6.07, 6.45) is 22.9. The summed E-state index contributed by atoms with van der Waals surface area (Å²) in [4.78, 5) is 24.0. The lowest BCUT2D eigenvalue weighted by Crippen LogP contribution is -2.27. The molecule has 0 amide bonds. The molecule has 5 nitrogen and oxygen atoms in total. The van der Waals surface area contributed by atoms with E-state index in [-0.39, 0.29) is 0 Å². The molecule has 1 unspecified atom stereocenters. The van der Waals surface area contributed by atoms with Gasteiger partial charge in [0.2, 0.25) is 0 Å². The number of rotatable bonds is 17. The minimum Gasteiger partial charge on any atom is -0.306 e. The molecule has 0 heterocycles. The van der Waals surface area contributed by atoms with Crippen LogP contribution in [0.2, 0.25) is 0 Å². The van der Waals surface area contributed by atoms with Crippen LogP contribution in [0.1, 0.15) is 117 Å². The van der Waals surface area contributed by atoms with Crippen LogP contribution in [0.4, 0.5) is 0 Å². The number of nitrogens with zero attached hydrogens (tertiary/aromatic N) is 1. The average Bonchev–Trinajstić information content (AvgIpc) is 2.56. The van der Waals surface area contributed by atoms with Crippen molar-refractivity contribution in [1.82, 2.24) is 4.90 Å². The van der Waals surface area contributed by atoms with E-state index in [1.54, 1.807) is 0 Å². The molecule has 0 spiro atoms. The molecule has 1 atom stereocenters. The lowest BCUT2D eigenvalue weighted by molar-refractivity contribution is 0.251. The molecule has 0 aromatic carbocycles. The summed E-state index contributed by atoms with van der Waals surface area (Å²) in [5, 5.41) is 0. The van der Waals surface area contributed by atoms with E-state index in [2.05, 4.69) is 32.8 Å². The van der Waals surface area contributed by atoms with Gasteiger partial charge in [0.25, 0.3) is 0 Å². The number of hydrogen-bond donors (Lipinski definition) is 3. The number of unbranched alkanes of at least 4 members (excludes halogenated alkanes) is 12. The SMILES string of the molecule is CCCCCCCCCCCC(CCCCCCC)N(C)C.O=P(O)(O)O. The topological polar surface area (TPSA) is 81.0 Å². The van der Waals surface area contributed by atoms with E-state index in [1.807, 2.05) is 0 Å². The zero-order valence-electron chi connectivity index (χ0n) is 18.5. The molecular formula is C21H48NO4P. The third kappa shape index (κ3) is 31.0. The van der Waals surface area contributed by atoms with E-state index < -0.39 is 7.82 Å². The molecule has 0 aliphatic carbocycles. The number of hydrogen-bond acceptors (Lipinski definition) is 2. The molecule has 0 saturated heterocycles. The highest BCUT2D eigenvalue weighted by Gasteiger charge is 2.10. The van der Waals surface area contributed by atoms with Gasteiger partial charge < -0.3 is 19.6 Å². The summed E-state index contributed by atoms with van der Waals surface area (Å²) in [7, 11) is -0.102. The molecule has 0 aliphatic rings.